The van der Waals surface area contributed by atoms with Gasteiger partial charge in [0.25, 0.3) is 0 Å². The molecule has 1 saturated carbocycles. The van der Waals surface area contributed by atoms with Crippen LogP contribution in [-0.4, -0.2) is 26.4 Å². The molecule has 1 amide bonds. The Morgan fingerprint density at radius 1 is 1.10 bits per heavy atom. The number of aromatic nitrogens is 3. The number of benzene rings is 2. The number of amides is 1. The molecule has 30 heavy (non-hydrogen) atoms. The summed E-state index contributed by atoms with van der Waals surface area (Å²) in [7, 11) is 0. The van der Waals surface area contributed by atoms with Crippen molar-refractivity contribution in [3.8, 4) is 5.69 Å². The van der Waals surface area contributed by atoms with Crippen molar-refractivity contribution in [1.82, 2.24) is 14.8 Å². The minimum atomic E-state index is -0.0906. The van der Waals surface area contributed by atoms with Gasteiger partial charge >= 0.3 is 0 Å². The summed E-state index contributed by atoms with van der Waals surface area (Å²) in [6, 6.07) is 15.7. The van der Waals surface area contributed by atoms with Crippen LogP contribution in [0.2, 0.25) is 5.02 Å². The molecule has 1 N–H and O–H groups in total. The maximum Gasteiger partial charge on any atom is 0.234 e. The van der Waals surface area contributed by atoms with E-state index in [2.05, 4.69) is 32.2 Å². The lowest BCUT2D eigenvalue weighted by molar-refractivity contribution is -0.113. The third-order valence-corrected chi connectivity index (χ3v) is 6.86. The molecule has 0 saturated heterocycles. The van der Waals surface area contributed by atoms with Gasteiger partial charge in [-0.3, -0.25) is 9.36 Å². The van der Waals surface area contributed by atoms with Gasteiger partial charge in [-0.05, 0) is 49.6 Å². The van der Waals surface area contributed by atoms with Gasteiger partial charge in [0.15, 0.2) is 5.16 Å². The van der Waals surface area contributed by atoms with E-state index in [1.54, 1.807) is 0 Å². The SMILES string of the molecule is Cc1c(Cl)cccc1NC(=O)CSc1nnc(C2CCCCC2)n1-c1ccccc1. The van der Waals surface area contributed by atoms with Gasteiger partial charge in [-0.25, -0.2) is 0 Å². The topological polar surface area (TPSA) is 59.8 Å². The van der Waals surface area contributed by atoms with Crippen molar-refractivity contribution in [2.24, 2.45) is 0 Å². The number of nitrogens with one attached hydrogen (secondary N) is 1. The predicted octanol–water partition coefficient (Wildman–Crippen LogP) is 6.01. The number of carbonyl (C=O) groups is 1. The van der Waals surface area contributed by atoms with E-state index in [4.69, 9.17) is 11.6 Å². The van der Waals surface area contributed by atoms with Crippen molar-refractivity contribution in [2.75, 3.05) is 11.1 Å². The zero-order valence-electron chi connectivity index (χ0n) is 17.0. The number of halogens is 1. The van der Waals surface area contributed by atoms with Crippen LogP contribution in [-0.2, 0) is 4.79 Å². The number of hydrogen-bond acceptors (Lipinski definition) is 4. The molecule has 156 valence electrons. The first-order chi connectivity index (χ1) is 14.6. The molecule has 1 heterocycles. The van der Waals surface area contributed by atoms with Gasteiger partial charge in [0.2, 0.25) is 5.91 Å². The first kappa shape index (κ1) is 20.9. The highest BCUT2D eigenvalue weighted by Gasteiger charge is 2.24. The van der Waals surface area contributed by atoms with E-state index in [1.165, 1.54) is 31.0 Å². The number of anilines is 1. The lowest BCUT2D eigenvalue weighted by atomic mass is 9.88. The van der Waals surface area contributed by atoms with E-state index in [1.807, 2.05) is 43.3 Å². The fourth-order valence-electron chi connectivity index (χ4n) is 3.88. The zero-order valence-corrected chi connectivity index (χ0v) is 18.5. The Bertz CT molecular complexity index is 1020. The lowest BCUT2D eigenvalue weighted by Crippen LogP contribution is -2.16. The second kappa shape index (κ2) is 9.67. The largest absolute Gasteiger partial charge is 0.325 e. The number of carbonyl (C=O) groups excluding carboxylic acids is 1. The monoisotopic (exact) mass is 440 g/mol. The Morgan fingerprint density at radius 2 is 1.87 bits per heavy atom. The normalized spacial score (nSPS) is 14.6. The van der Waals surface area contributed by atoms with Crippen LogP contribution in [0.25, 0.3) is 5.69 Å². The Kier molecular flexibility index (Phi) is 6.75. The maximum atomic E-state index is 12.6. The van der Waals surface area contributed by atoms with Crippen LogP contribution >= 0.6 is 23.4 Å². The predicted molar refractivity (Wildman–Crippen MR) is 123 cm³/mol. The third kappa shape index (κ3) is 4.71. The van der Waals surface area contributed by atoms with E-state index in [-0.39, 0.29) is 11.7 Å². The minimum absolute atomic E-state index is 0.0906. The number of hydrogen-bond donors (Lipinski definition) is 1. The Hall–Kier alpha value is -2.31. The highest BCUT2D eigenvalue weighted by molar-refractivity contribution is 7.99. The molecule has 0 unspecified atom stereocenters. The number of rotatable bonds is 6. The molecule has 0 aliphatic heterocycles. The van der Waals surface area contributed by atoms with Gasteiger partial charge in [-0.2, -0.15) is 0 Å². The van der Waals surface area contributed by atoms with Crippen molar-refractivity contribution < 1.29 is 4.79 Å². The van der Waals surface area contributed by atoms with Gasteiger partial charge in [0.1, 0.15) is 5.82 Å². The second-order valence-corrected chi connectivity index (χ2v) is 8.95. The molecule has 1 fully saturated rings. The third-order valence-electron chi connectivity index (χ3n) is 5.52. The van der Waals surface area contributed by atoms with Crippen LogP contribution < -0.4 is 5.32 Å². The molecular formula is C23H25ClN4OS. The van der Waals surface area contributed by atoms with E-state index >= 15 is 0 Å². The van der Waals surface area contributed by atoms with Crippen LogP contribution in [0.5, 0.6) is 0 Å². The summed E-state index contributed by atoms with van der Waals surface area (Å²) in [4.78, 5) is 12.6. The highest BCUT2D eigenvalue weighted by atomic mass is 35.5. The molecule has 4 rings (SSSR count). The fourth-order valence-corrected chi connectivity index (χ4v) is 4.81. The van der Waals surface area contributed by atoms with E-state index in [9.17, 15) is 4.79 Å². The fraction of sp³-hybridized carbons (Fsp3) is 0.348. The molecule has 1 aliphatic rings. The van der Waals surface area contributed by atoms with Crippen LogP contribution in [0, 0.1) is 6.92 Å². The number of nitrogens with zero attached hydrogens (tertiary/aromatic N) is 3. The first-order valence-corrected chi connectivity index (χ1v) is 11.7. The van der Waals surface area contributed by atoms with Gasteiger partial charge < -0.3 is 5.32 Å². The van der Waals surface area contributed by atoms with Gasteiger partial charge in [-0.1, -0.05) is 66.9 Å². The molecule has 1 aromatic heterocycles. The van der Waals surface area contributed by atoms with Gasteiger partial charge in [0.05, 0.1) is 5.75 Å². The van der Waals surface area contributed by atoms with Crippen molar-refractivity contribution in [3.63, 3.8) is 0 Å². The summed E-state index contributed by atoms with van der Waals surface area (Å²) >= 11 is 7.57. The van der Waals surface area contributed by atoms with Crippen LogP contribution in [0.1, 0.15) is 49.4 Å². The zero-order chi connectivity index (χ0) is 20.9. The van der Waals surface area contributed by atoms with Gasteiger partial charge in [0, 0.05) is 22.3 Å². The summed E-state index contributed by atoms with van der Waals surface area (Å²) in [5, 5.41) is 13.3. The molecule has 7 heteroatoms. The lowest BCUT2D eigenvalue weighted by Gasteiger charge is -2.22. The Morgan fingerprint density at radius 3 is 2.63 bits per heavy atom. The standard InChI is InChI=1S/C23H25ClN4OS/c1-16-19(24)13-8-14-20(16)25-21(29)15-30-23-27-26-22(17-9-4-2-5-10-17)28(23)18-11-6-3-7-12-18/h3,6-8,11-14,17H,2,4-5,9-10,15H2,1H3,(H,25,29). The summed E-state index contributed by atoms with van der Waals surface area (Å²) in [5.74, 6) is 1.59. The Labute approximate surface area is 186 Å². The Balaban J connectivity index is 1.53. The van der Waals surface area contributed by atoms with E-state index < -0.39 is 0 Å². The molecule has 5 nitrogen and oxygen atoms in total. The molecular weight excluding hydrogens is 416 g/mol. The van der Waals surface area contributed by atoms with Gasteiger partial charge in [-0.15, -0.1) is 10.2 Å². The van der Waals surface area contributed by atoms with Crippen molar-refractivity contribution in [3.05, 3.63) is 64.9 Å². The quantitative estimate of drug-likeness (QED) is 0.477. The molecule has 0 spiro atoms. The van der Waals surface area contributed by atoms with E-state index in [0.717, 1.165) is 40.8 Å². The number of para-hydroxylation sites is 1. The summed E-state index contributed by atoms with van der Waals surface area (Å²) in [5.41, 5.74) is 2.64. The first-order valence-electron chi connectivity index (χ1n) is 10.3. The smallest absolute Gasteiger partial charge is 0.234 e. The molecule has 2 aromatic carbocycles. The number of thioether (sulfide) groups is 1. The molecule has 3 aromatic rings. The van der Waals surface area contributed by atoms with Crippen molar-refractivity contribution in [2.45, 2.75) is 50.1 Å². The van der Waals surface area contributed by atoms with Crippen molar-refractivity contribution in [1.29, 1.82) is 0 Å². The second-order valence-electron chi connectivity index (χ2n) is 7.60. The van der Waals surface area contributed by atoms with Crippen LogP contribution in [0.3, 0.4) is 0 Å². The van der Waals surface area contributed by atoms with Crippen molar-refractivity contribution >= 4 is 35.0 Å². The molecule has 1 aliphatic carbocycles. The molecule has 0 bridgehead atoms. The summed E-state index contributed by atoms with van der Waals surface area (Å²) in [6.45, 7) is 1.90. The highest BCUT2D eigenvalue weighted by Crippen LogP contribution is 2.35. The van der Waals surface area contributed by atoms with Crippen LogP contribution in [0.15, 0.2) is 53.7 Å². The van der Waals surface area contributed by atoms with Crippen LogP contribution in [0.4, 0.5) is 5.69 Å². The maximum absolute atomic E-state index is 12.6. The molecule has 0 radical (unpaired) electrons. The summed E-state index contributed by atoms with van der Waals surface area (Å²) in [6.07, 6.45) is 6.04. The van der Waals surface area contributed by atoms with E-state index in [0.29, 0.717) is 10.9 Å². The summed E-state index contributed by atoms with van der Waals surface area (Å²) < 4.78 is 2.12. The molecule has 0 atom stereocenters. The average molecular weight is 441 g/mol. The minimum Gasteiger partial charge on any atom is -0.325 e. The average Bonchev–Trinajstić information content (AvgIpc) is 3.21.